The van der Waals surface area contributed by atoms with Gasteiger partial charge < -0.3 is 9.47 Å². The first-order valence-corrected chi connectivity index (χ1v) is 5.46. The zero-order valence-electron chi connectivity index (χ0n) is 9.12. The highest BCUT2D eigenvalue weighted by Gasteiger charge is 2.64. The van der Waals surface area contributed by atoms with E-state index in [-0.39, 0.29) is 18.0 Å². The van der Waals surface area contributed by atoms with Crippen LogP contribution in [0.15, 0.2) is 0 Å². The summed E-state index contributed by atoms with van der Waals surface area (Å²) in [4.78, 5) is 23.6. The van der Waals surface area contributed by atoms with E-state index in [1.165, 1.54) is 7.11 Å². The van der Waals surface area contributed by atoms with E-state index in [4.69, 9.17) is 9.47 Å². The molecule has 0 radical (unpaired) electrons. The summed E-state index contributed by atoms with van der Waals surface area (Å²) in [6, 6.07) is 0. The maximum absolute atomic E-state index is 11.8. The van der Waals surface area contributed by atoms with E-state index in [0.717, 1.165) is 19.3 Å². The van der Waals surface area contributed by atoms with Gasteiger partial charge >= 0.3 is 11.9 Å². The second-order valence-corrected chi connectivity index (χ2v) is 4.31. The fraction of sp³-hybridized carbons (Fsp3) is 0.818. The van der Waals surface area contributed by atoms with Gasteiger partial charge in [0, 0.05) is 5.92 Å². The van der Waals surface area contributed by atoms with Crippen LogP contribution in [-0.4, -0.2) is 25.2 Å². The Kier molecular flexibility index (Phi) is 2.44. The molecule has 0 spiro atoms. The molecule has 3 atom stereocenters. The predicted molar refractivity (Wildman–Crippen MR) is 52.0 cm³/mol. The molecule has 2 fully saturated rings. The Morgan fingerprint density at radius 1 is 1.67 bits per heavy atom. The van der Waals surface area contributed by atoms with Gasteiger partial charge in [-0.05, 0) is 19.3 Å². The van der Waals surface area contributed by atoms with Gasteiger partial charge in [0.2, 0.25) is 0 Å². The molecule has 2 aliphatic rings. The highest BCUT2D eigenvalue weighted by Crippen LogP contribution is 2.52. The minimum absolute atomic E-state index is 0.0300. The summed E-state index contributed by atoms with van der Waals surface area (Å²) < 4.78 is 10.0. The standard InChI is InChI=1S/C11H16O4/c1-3-8-7-5-4-6-11(7,9(12)14-2)10(13)15-8/h7-8H,3-6H2,1-2H3/t7-,8+,11+/m0/s1. The molecule has 0 aromatic carbocycles. The summed E-state index contributed by atoms with van der Waals surface area (Å²) in [5, 5.41) is 0. The van der Waals surface area contributed by atoms with Crippen LogP contribution in [0.2, 0.25) is 0 Å². The van der Waals surface area contributed by atoms with E-state index >= 15 is 0 Å². The Morgan fingerprint density at radius 2 is 2.40 bits per heavy atom. The van der Waals surface area contributed by atoms with Gasteiger partial charge in [-0.3, -0.25) is 9.59 Å². The first kappa shape index (κ1) is 10.5. The Balaban J connectivity index is 2.35. The van der Waals surface area contributed by atoms with E-state index < -0.39 is 11.4 Å². The van der Waals surface area contributed by atoms with Gasteiger partial charge in [-0.15, -0.1) is 0 Å². The molecule has 1 aliphatic carbocycles. The lowest BCUT2D eigenvalue weighted by atomic mass is 9.77. The molecule has 1 heterocycles. The van der Waals surface area contributed by atoms with Crippen molar-refractivity contribution in [1.29, 1.82) is 0 Å². The molecule has 0 bridgehead atoms. The third kappa shape index (κ3) is 1.20. The molecule has 0 unspecified atom stereocenters. The molecule has 4 heteroatoms. The third-order valence-corrected chi connectivity index (χ3v) is 3.74. The van der Waals surface area contributed by atoms with E-state index in [9.17, 15) is 9.59 Å². The highest BCUT2D eigenvalue weighted by atomic mass is 16.6. The molecule has 0 N–H and O–H groups in total. The van der Waals surface area contributed by atoms with Crippen molar-refractivity contribution >= 4 is 11.9 Å². The van der Waals surface area contributed by atoms with Crippen LogP contribution in [0.5, 0.6) is 0 Å². The van der Waals surface area contributed by atoms with Crippen LogP contribution in [0, 0.1) is 11.3 Å². The normalized spacial score (nSPS) is 38.7. The monoisotopic (exact) mass is 212 g/mol. The zero-order chi connectivity index (χ0) is 11.1. The minimum Gasteiger partial charge on any atom is -0.468 e. The molecule has 1 saturated heterocycles. The number of carbonyl (C=O) groups excluding carboxylic acids is 2. The summed E-state index contributed by atoms with van der Waals surface area (Å²) in [6.45, 7) is 1.98. The number of hydrogen-bond donors (Lipinski definition) is 0. The van der Waals surface area contributed by atoms with Crippen LogP contribution in [0.3, 0.4) is 0 Å². The molecule has 1 saturated carbocycles. The van der Waals surface area contributed by atoms with Crippen molar-refractivity contribution in [1.82, 2.24) is 0 Å². The number of cyclic esters (lactones) is 1. The maximum Gasteiger partial charge on any atom is 0.324 e. The van der Waals surface area contributed by atoms with E-state index in [1.54, 1.807) is 0 Å². The summed E-state index contributed by atoms with van der Waals surface area (Å²) in [7, 11) is 1.33. The summed E-state index contributed by atoms with van der Waals surface area (Å²) in [6.07, 6.45) is 3.05. The Morgan fingerprint density at radius 3 is 3.00 bits per heavy atom. The minimum atomic E-state index is -0.977. The second-order valence-electron chi connectivity index (χ2n) is 4.31. The maximum atomic E-state index is 11.8. The molecule has 15 heavy (non-hydrogen) atoms. The van der Waals surface area contributed by atoms with Crippen LogP contribution in [-0.2, 0) is 19.1 Å². The van der Waals surface area contributed by atoms with E-state index in [1.807, 2.05) is 6.92 Å². The Bertz CT molecular complexity index is 299. The van der Waals surface area contributed by atoms with Crippen molar-refractivity contribution in [2.24, 2.45) is 11.3 Å². The zero-order valence-corrected chi connectivity index (χ0v) is 9.12. The van der Waals surface area contributed by atoms with Gasteiger partial charge in [-0.25, -0.2) is 0 Å². The lowest BCUT2D eigenvalue weighted by molar-refractivity contribution is -0.163. The summed E-state index contributed by atoms with van der Waals surface area (Å²) in [5.41, 5.74) is -0.977. The molecule has 2 rings (SSSR count). The molecule has 4 nitrogen and oxygen atoms in total. The molecular formula is C11H16O4. The quantitative estimate of drug-likeness (QED) is 0.511. The molecule has 0 amide bonds. The van der Waals surface area contributed by atoms with Gasteiger partial charge in [0.15, 0.2) is 5.41 Å². The van der Waals surface area contributed by atoms with E-state index in [2.05, 4.69) is 0 Å². The fourth-order valence-electron chi connectivity index (χ4n) is 3.00. The van der Waals surface area contributed by atoms with Crippen molar-refractivity contribution in [2.45, 2.75) is 38.7 Å². The van der Waals surface area contributed by atoms with Crippen LogP contribution in [0.4, 0.5) is 0 Å². The molecule has 1 aliphatic heterocycles. The second kappa shape index (κ2) is 3.51. The van der Waals surface area contributed by atoms with Crippen molar-refractivity contribution in [3.05, 3.63) is 0 Å². The molecule has 0 aromatic heterocycles. The van der Waals surface area contributed by atoms with Crippen LogP contribution in [0.25, 0.3) is 0 Å². The number of hydrogen-bond acceptors (Lipinski definition) is 4. The number of carbonyl (C=O) groups is 2. The number of rotatable bonds is 2. The van der Waals surface area contributed by atoms with Gasteiger partial charge in [0.1, 0.15) is 6.10 Å². The van der Waals surface area contributed by atoms with Crippen molar-refractivity contribution in [3.63, 3.8) is 0 Å². The molecule has 0 aromatic rings. The molecular weight excluding hydrogens is 196 g/mol. The SMILES string of the molecule is CC[C@H]1OC(=O)[C@]2(C(=O)OC)CCC[C@@H]12. The van der Waals surface area contributed by atoms with Crippen molar-refractivity contribution in [2.75, 3.05) is 7.11 Å². The van der Waals surface area contributed by atoms with Crippen molar-refractivity contribution in [3.8, 4) is 0 Å². The topological polar surface area (TPSA) is 52.6 Å². The number of ether oxygens (including phenoxy) is 2. The number of fused-ring (bicyclic) bond motifs is 1. The van der Waals surface area contributed by atoms with Crippen LogP contribution in [0.1, 0.15) is 32.6 Å². The molecule has 84 valence electrons. The van der Waals surface area contributed by atoms with Gasteiger partial charge in [0.25, 0.3) is 0 Å². The largest absolute Gasteiger partial charge is 0.468 e. The predicted octanol–water partition coefficient (Wildman–Crippen LogP) is 1.28. The first-order chi connectivity index (χ1) is 7.16. The average Bonchev–Trinajstić information content (AvgIpc) is 2.78. The lowest BCUT2D eigenvalue weighted by Crippen LogP contribution is -2.39. The van der Waals surface area contributed by atoms with Gasteiger partial charge in [0.05, 0.1) is 7.11 Å². The van der Waals surface area contributed by atoms with Crippen molar-refractivity contribution < 1.29 is 19.1 Å². The Labute approximate surface area is 88.9 Å². The van der Waals surface area contributed by atoms with Gasteiger partial charge in [-0.2, -0.15) is 0 Å². The van der Waals surface area contributed by atoms with Crippen LogP contribution >= 0.6 is 0 Å². The van der Waals surface area contributed by atoms with Crippen LogP contribution < -0.4 is 0 Å². The van der Waals surface area contributed by atoms with Gasteiger partial charge in [-0.1, -0.05) is 13.3 Å². The Hall–Kier alpha value is -1.06. The summed E-state index contributed by atoms with van der Waals surface area (Å²) in [5.74, 6) is -0.753. The first-order valence-electron chi connectivity index (χ1n) is 5.46. The van der Waals surface area contributed by atoms with E-state index in [0.29, 0.717) is 6.42 Å². The number of esters is 2. The smallest absolute Gasteiger partial charge is 0.324 e. The number of methoxy groups -OCH3 is 1. The highest BCUT2D eigenvalue weighted by molar-refractivity contribution is 6.02. The average molecular weight is 212 g/mol. The third-order valence-electron chi connectivity index (χ3n) is 3.74. The summed E-state index contributed by atoms with van der Waals surface area (Å²) >= 11 is 0. The lowest BCUT2D eigenvalue weighted by Gasteiger charge is -2.21. The fourth-order valence-corrected chi connectivity index (χ4v) is 3.00.